The lowest BCUT2D eigenvalue weighted by Crippen LogP contribution is -1.80. The fraction of sp³-hybridized carbons (Fsp3) is 0.385. The van der Waals surface area contributed by atoms with Crippen molar-refractivity contribution in [3.63, 3.8) is 0 Å². The van der Waals surface area contributed by atoms with Crippen molar-refractivity contribution in [3.8, 4) is 17.6 Å². The van der Waals surface area contributed by atoms with Gasteiger partial charge in [-0.15, -0.1) is 0 Å². The summed E-state index contributed by atoms with van der Waals surface area (Å²) >= 11 is 0. The van der Waals surface area contributed by atoms with Gasteiger partial charge in [0.1, 0.15) is 5.75 Å². The summed E-state index contributed by atoms with van der Waals surface area (Å²) in [5, 5.41) is 9.65. The van der Waals surface area contributed by atoms with Crippen molar-refractivity contribution in [2.24, 2.45) is 0 Å². The van der Waals surface area contributed by atoms with Crippen LogP contribution in [0.2, 0.25) is 0 Å². The van der Waals surface area contributed by atoms with E-state index in [1.54, 1.807) is 0 Å². The Morgan fingerprint density at radius 2 is 2.14 bits per heavy atom. The van der Waals surface area contributed by atoms with Crippen molar-refractivity contribution in [3.05, 3.63) is 29.3 Å². The second-order valence-corrected chi connectivity index (χ2v) is 3.38. The number of rotatable bonds is 2. The molecule has 0 atom stereocenters. The van der Waals surface area contributed by atoms with Crippen LogP contribution < -0.4 is 0 Å². The predicted octanol–water partition coefficient (Wildman–Crippen LogP) is 3.24. The average Bonchev–Trinajstić information content (AvgIpc) is 2.19. The maximum Gasteiger partial charge on any atom is 0.134 e. The fourth-order valence-electron chi connectivity index (χ4n) is 1.18. The van der Waals surface area contributed by atoms with Crippen LogP contribution in [-0.2, 0) is 0 Å². The molecule has 74 valence electrons. The standard InChI is InChI=1S/C13H16O/c1-3-4-5-6-9-12-10-7-8-11(2)13(12)14/h7-8,10,14H,3-5H2,1-2H3. The molecule has 0 aromatic heterocycles. The van der Waals surface area contributed by atoms with Crippen molar-refractivity contribution in [1.82, 2.24) is 0 Å². The largest absolute Gasteiger partial charge is 0.506 e. The normalized spacial score (nSPS) is 9.29. The highest BCUT2D eigenvalue weighted by atomic mass is 16.3. The van der Waals surface area contributed by atoms with Crippen LogP contribution in [0.4, 0.5) is 0 Å². The monoisotopic (exact) mass is 188 g/mol. The van der Waals surface area contributed by atoms with Crippen LogP contribution in [0.1, 0.15) is 37.3 Å². The molecule has 1 aromatic rings. The Bertz CT molecular complexity index is 355. The molecule has 0 aliphatic carbocycles. The quantitative estimate of drug-likeness (QED) is 0.558. The van der Waals surface area contributed by atoms with Crippen molar-refractivity contribution in [2.45, 2.75) is 33.1 Å². The number of para-hydroxylation sites is 1. The second-order valence-electron chi connectivity index (χ2n) is 3.38. The van der Waals surface area contributed by atoms with Gasteiger partial charge in [0.15, 0.2) is 0 Å². The van der Waals surface area contributed by atoms with Crippen molar-refractivity contribution < 1.29 is 5.11 Å². The molecule has 0 heterocycles. The molecule has 0 aliphatic rings. The minimum Gasteiger partial charge on any atom is -0.506 e. The summed E-state index contributed by atoms with van der Waals surface area (Å²) in [6.07, 6.45) is 3.19. The zero-order chi connectivity index (χ0) is 10.4. The molecule has 1 aromatic carbocycles. The molecule has 0 aliphatic heterocycles. The molecule has 0 fully saturated rings. The first-order valence-electron chi connectivity index (χ1n) is 5.03. The number of phenols is 1. The maximum absolute atomic E-state index is 9.65. The van der Waals surface area contributed by atoms with Gasteiger partial charge in [-0.3, -0.25) is 0 Å². The molecule has 1 heteroatoms. The molecule has 0 amide bonds. The summed E-state index contributed by atoms with van der Waals surface area (Å²) in [6.45, 7) is 4.03. The molecule has 0 radical (unpaired) electrons. The lowest BCUT2D eigenvalue weighted by Gasteiger charge is -1.99. The lowest BCUT2D eigenvalue weighted by molar-refractivity contribution is 0.469. The third kappa shape index (κ3) is 2.81. The van der Waals surface area contributed by atoms with Crippen LogP contribution in [0.3, 0.4) is 0 Å². The smallest absolute Gasteiger partial charge is 0.134 e. The Morgan fingerprint density at radius 1 is 1.36 bits per heavy atom. The van der Waals surface area contributed by atoms with E-state index in [1.807, 2.05) is 25.1 Å². The minimum absolute atomic E-state index is 0.316. The second kappa shape index (κ2) is 5.34. The van der Waals surface area contributed by atoms with Crippen LogP contribution in [-0.4, -0.2) is 5.11 Å². The Balaban J connectivity index is 2.74. The number of aromatic hydroxyl groups is 1. The SMILES string of the molecule is CCCCC#Cc1cccc(C)c1O. The van der Waals surface area contributed by atoms with Crippen molar-refractivity contribution >= 4 is 0 Å². The van der Waals surface area contributed by atoms with E-state index in [0.29, 0.717) is 5.75 Å². The number of phenolic OH excluding ortho intramolecular Hbond substituents is 1. The third-order valence-electron chi connectivity index (χ3n) is 2.12. The van der Waals surface area contributed by atoms with E-state index < -0.39 is 0 Å². The molecular weight excluding hydrogens is 172 g/mol. The van der Waals surface area contributed by atoms with Gasteiger partial charge in [-0.1, -0.05) is 37.3 Å². The molecule has 0 unspecified atom stereocenters. The number of benzene rings is 1. The number of hydrogen-bond acceptors (Lipinski definition) is 1. The zero-order valence-electron chi connectivity index (χ0n) is 8.80. The van der Waals surface area contributed by atoms with Crippen molar-refractivity contribution in [1.29, 1.82) is 0 Å². The van der Waals surface area contributed by atoms with Gasteiger partial charge in [0.05, 0.1) is 5.56 Å². The van der Waals surface area contributed by atoms with Gasteiger partial charge in [-0.05, 0) is 25.0 Å². The highest BCUT2D eigenvalue weighted by Crippen LogP contribution is 2.19. The third-order valence-corrected chi connectivity index (χ3v) is 2.12. The van der Waals surface area contributed by atoms with Crippen LogP contribution in [0.15, 0.2) is 18.2 Å². The van der Waals surface area contributed by atoms with E-state index in [4.69, 9.17) is 0 Å². The molecule has 1 rings (SSSR count). The molecule has 0 saturated heterocycles. The van der Waals surface area contributed by atoms with E-state index in [-0.39, 0.29) is 0 Å². The fourth-order valence-corrected chi connectivity index (χ4v) is 1.18. The van der Waals surface area contributed by atoms with Gasteiger partial charge in [-0.2, -0.15) is 0 Å². The van der Waals surface area contributed by atoms with Crippen LogP contribution in [0.25, 0.3) is 0 Å². The summed E-state index contributed by atoms with van der Waals surface area (Å²) in [4.78, 5) is 0. The van der Waals surface area contributed by atoms with Gasteiger partial charge in [0.2, 0.25) is 0 Å². The van der Waals surface area contributed by atoms with E-state index in [9.17, 15) is 5.11 Å². The van der Waals surface area contributed by atoms with Crippen LogP contribution in [0.5, 0.6) is 5.75 Å². The Hall–Kier alpha value is -1.42. The molecule has 0 saturated carbocycles. The van der Waals surface area contributed by atoms with Gasteiger partial charge in [-0.25, -0.2) is 0 Å². The van der Waals surface area contributed by atoms with Crippen LogP contribution in [0, 0.1) is 18.8 Å². The highest BCUT2D eigenvalue weighted by molar-refractivity contribution is 5.49. The van der Waals surface area contributed by atoms with E-state index in [2.05, 4.69) is 18.8 Å². The molecule has 1 nitrogen and oxygen atoms in total. The van der Waals surface area contributed by atoms with Gasteiger partial charge < -0.3 is 5.11 Å². The molecule has 0 spiro atoms. The first-order valence-corrected chi connectivity index (χ1v) is 5.03. The topological polar surface area (TPSA) is 20.2 Å². The molecule has 0 bridgehead atoms. The molecular formula is C13H16O. The molecule has 14 heavy (non-hydrogen) atoms. The minimum atomic E-state index is 0.316. The van der Waals surface area contributed by atoms with Gasteiger partial charge >= 0.3 is 0 Å². The van der Waals surface area contributed by atoms with Crippen molar-refractivity contribution in [2.75, 3.05) is 0 Å². The number of unbranched alkanes of at least 4 members (excludes halogenated alkanes) is 2. The van der Waals surface area contributed by atoms with E-state index in [0.717, 1.165) is 30.4 Å². The number of aryl methyl sites for hydroxylation is 1. The van der Waals surface area contributed by atoms with E-state index in [1.165, 1.54) is 0 Å². The predicted molar refractivity (Wildman–Crippen MR) is 59.2 cm³/mol. The Labute approximate surface area is 85.8 Å². The average molecular weight is 188 g/mol. The summed E-state index contributed by atoms with van der Waals surface area (Å²) in [6, 6.07) is 5.65. The lowest BCUT2D eigenvalue weighted by atomic mass is 10.1. The number of hydrogen-bond donors (Lipinski definition) is 1. The summed E-state index contributed by atoms with van der Waals surface area (Å²) < 4.78 is 0. The first-order chi connectivity index (χ1) is 6.75. The summed E-state index contributed by atoms with van der Waals surface area (Å²) in [7, 11) is 0. The first kappa shape index (κ1) is 10.7. The van der Waals surface area contributed by atoms with Crippen LogP contribution >= 0.6 is 0 Å². The van der Waals surface area contributed by atoms with Gasteiger partial charge in [0.25, 0.3) is 0 Å². The highest BCUT2D eigenvalue weighted by Gasteiger charge is 1.98. The molecule has 1 N–H and O–H groups in total. The summed E-state index contributed by atoms with van der Waals surface area (Å²) in [5.41, 5.74) is 1.62. The maximum atomic E-state index is 9.65. The zero-order valence-corrected chi connectivity index (χ0v) is 8.80. The Kier molecular flexibility index (Phi) is 4.07. The van der Waals surface area contributed by atoms with E-state index >= 15 is 0 Å². The summed E-state index contributed by atoms with van der Waals surface area (Å²) in [5.74, 6) is 6.37. The van der Waals surface area contributed by atoms with Gasteiger partial charge in [0, 0.05) is 6.42 Å². The Morgan fingerprint density at radius 3 is 2.86 bits per heavy atom.